The monoisotopic (exact) mass is 222 g/mol. The highest BCUT2D eigenvalue weighted by Gasteiger charge is 2.18. The molecule has 0 aromatic heterocycles. The molecule has 0 aromatic carbocycles. The molecule has 1 saturated heterocycles. The zero-order valence-corrected chi connectivity index (χ0v) is 9.03. The molecular formula is C7H14N2O2S2. The minimum absolute atomic E-state index is 0.232. The molecular weight excluding hydrogens is 208 g/mol. The van der Waals surface area contributed by atoms with E-state index >= 15 is 0 Å². The van der Waals surface area contributed by atoms with Crippen LogP contribution in [0.3, 0.4) is 0 Å². The van der Waals surface area contributed by atoms with Gasteiger partial charge in [0.2, 0.25) is 0 Å². The summed E-state index contributed by atoms with van der Waals surface area (Å²) in [6, 6.07) is 0. The van der Waals surface area contributed by atoms with Crippen LogP contribution in [-0.4, -0.2) is 49.4 Å². The van der Waals surface area contributed by atoms with Gasteiger partial charge in [0.1, 0.15) is 0 Å². The van der Waals surface area contributed by atoms with Gasteiger partial charge in [0.15, 0.2) is 9.84 Å². The number of nitrogens with two attached hydrogens (primary N) is 1. The maximum Gasteiger partial charge on any atom is 0.151 e. The molecule has 0 aromatic rings. The molecule has 0 unspecified atom stereocenters. The minimum Gasteiger partial charge on any atom is -0.392 e. The SMILES string of the molecule is NC(=S)CN1CCCS(=O)(=O)CC1. The number of rotatable bonds is 2. The lowest BCUT2D eigenvalue weighted by Gasteiger charge is -2.17. The quantitative estimate of drug-likeness (QED) is 0.632. The van der Waals surface area contributed by atoms with Crippen LogP contribution in [0.5, 0.6) is 0 Å². The number of hydrogen-bond acceptors (Lipinski definition) is 4. The molecule has 0 spiro atoms. The third-order valence-electron chi connectivity index (χ3n) is 2.03. The van der Waals surface area contributed by atoms with Crippen molar-refractivity contribution in [3.05, 3.63) is 0 Å². The highest BCUT2D eigenvalue weighted by atomic mass is 32.2. The van der Waals surface area contributed by atoms with Gasteiger partial charge in [-0.2, -0.15) is 0 Å². The van der Waals surface area contributed by atoms with Gasteiger partial charge in [-0.3, -0.25) is 4.90 Å². The van der Waals surface area contributed by atoms with Crippen LogP contribution in [-0.2, 0) is 9.84 Å². The van der Waals surface area contributed by atoms with Gasteiger partial charge in [-0.1, -0.05) is 12.2 Å². The molecule has 1 aliphatic heterocycles. The zero-order chi connectivity index (χ0) is 9.90. The lowest BCUT2D eigenvalue weighted by Crippen LogP contribution is -2.34. The van der Waals surface area contributed by atoms with Gasteiger partial charge in [-0.25, -0.2) is 8.42 Å². The van der Waals surface area contributed by atoms with Crippen LogP contribution in [0.4, 0.5) is 0 Å². The van der Waals surface area contributed by atoms with Gasteiger partial charge in [0.25, 0.3) is 0 Å². The van der Waals surface area contributed by atoms with E-state index in [1.807, 2.05) is 4.90 Å². The molecule has 1 heterocycles. The largest absolute Gasteiger partial charge is 0.392 e. The topological polar surface area (TPSA) is 63.4 Å². The Hall–Kier alpha value is -0.200. The summed E-state index contributed by atoms with van der Waals surface area (Å²) >= 11 is 4.76. The number of thiocarbonyl (C=S) groups is 1. The second-order valence-corrected chi connectivity index (χ2v) is 6.08. The average molecular weight is 222 g/mol. The lowest BCUT2D eigenvalue weighted by molar-refractivity contribution is 0.337. The lowest BCUT2D eigenvalue weighted by atomic mass is 10.4. The standard InChI is InChI=1S/C7H14N2O2S2/c8-7(12)6-9-2-1-4-13(10,11)5-3-9/h1-6H2,(H2,8,12). The molecule has 1 rings (SSSR count). The smallest absolute Gasteiger partial charge is 0.151 e. The van der Waals surface area contributed by atoms with Crippen LogP contribution in [0.1, 0.15) is 6.42 Å². The Morgan fingerprint density at radius 2 is 2.08 bits per heavy atom. The normalized spacial score (nSPS) is 23.7. The zero-order valence-electron chi connectivity index (χ0n) is 7.40. The number of sulfone groups is 1. The van der Waals surface area contributed by atoms with Gasteiger partial charge >= 0.3 is 0 Å². The number of hydrogen-bond donors (Lipinski definition) is 1. The Kier molecular flexibility index (Phi) is 3.63. The van der Waals surface area contributed by atoms with E-state index in [4.69, 9.17) is 18.0 Å². The van der Waals surface area contributed by atoms with Crippen molar-refractivity contribution in [2.24, 2.45) is 5.73 Å². The van der Waals surface area contributed by atoms with Gasteiger partial charge < -0.3 is 5.73 Å². The molecule has 76 valence electrons. The van der Waals surface area contributed by atoms with Gasteiger partial charge in [0, 0.05) is 13.1 Å². The number of nitrogens with zero attached hydrogens (tertiary/aromatic N) is 1. The van der Waals surface area contributed by atoms with Crippen molar-refractivity contribution in [3.63, 3.8) is 0 Å². The summed E-state index contributed by atoms with van der Waals surface area (Å²) in [7, 11) is -2.81. The van der Waals surface area contributed by atoms with Crippen molar-refractivity contribution in [1.82, 2.24) is 4.90 Å². The van der Waals surface area contributed by atoms with Crippen molar-refractivity contribution >= 4 is 27.0 Å². The Morgan fingerprint density at radius 1 is 1.38 bits per heavy atom. The van der Waals surface area contributed by atoms with Gasteiger partial charge in [0.05, 0.1) is 16.5 Å². The molecule has 2 N–H and O–H groups in total. The van der Waals surface area contributed by atoms with Gasteiger partial charge in [-0.15, -0.1) is 0 Å². The van der Waals surface area contributed by atoms with Crippen LogP contribution in [0, 0.1) is 0 Å². The van der Waals surface area contributed by atoms with Crippen LogP contribution >= 0.6 is 12.2 Å². The maximum atomic E-state index is 11.2. The second kappa shape index (κ2) is 4.34. The van der Waals surface area contributed by atoms with Crippen molar-refractivity contribution in [3.8, 4) is 0 Å². The fraction of sp³-hybridized carbons (Fsp3) is 0.857. The fourth-order valence-electron chi connectivity index (χ4n) is 1.37. The second-order valence-electron chi connectivity index (χ2n) is 3.25. The fourth-order valence-corrected chi connectivity index (χ4v) is 2.86. The predicted octanol–water partition coefficient (Wildman–Crippen LogP) is -0.607. The summed E-state index contributed by atoms with van der Waals surface area (Å²) in [5, 5.41) is 0. The van der Waals surface area contributed by atoms with Crippen molar-refractivity contribution < 1.29 is 8.42 Å². The summed E-state index contributed by atoms with van der Waals surface area (Å²) < 4.78 is 22.4. The predicted molar refractivity (Wildman–Crippen MR) is 56.5 cm³/mol. The van der Waals surface area contributed by atoms with Crippen molar-refractivity contribution in [2.75, 3.05) is 31.1 Å². The van der Waals surface area contributed by atoms with E-state index in [-0.39, 0.29) is 5.75 Å². The van der Waals surface area contributed by atoms with Crippen LogP contribution in [0.25, 0.3) is 0 Å². The highest BCUT2D eigenvalue weighted by Crippen LogP contribution is 2.04. The molecule has 1 aliphatic rings. The minimum atomic E-state index is -2.81. The Balaban J connectivity index is 2.50. The summed E-state index contributed by atoms with van der Waals surface area (Å²) in [4.78, 5) is 2.42. The third kappa shape index (κ3) is 4.02. The van der Waals surface area contributed by atoms with Crippen LogP contribution < -0.4 is 5.73 Å². The molecule has 0 amide bonds. The maximum absolute atomic E-state index is 11.2. The molecule has 6 heteroatoms. The Morgan fingerprint density at radius 3 is 2.69 bits per heavy atom. The van der Waals surface area contributed by atoms with E-state index in [0.717, 1.165) is 6.54 Å². The first kappa shape index (κ1) is 10.9. The first-order chi connectivity index (χ1) is 5.99. The van der Waals surface area contributed by atoms with Crippen LogP contribution in [0.2, 0.25) is 0 Å². The highest BCUT2D eigenvalue weighted by molar-refractivity contribution is 7.91. The van der Waals surface area contributed by atoms with Crippen molar-refractivity contribution in [2.45, 2.75) is 6.42 Å². The molecule has 13 heavy (non-hydrogen) atoms. The summed E-state index contributed by atoms with van der Waals surface area (Å²) in [6.45, 7) is 1.86. The molecule has 0 atom stereocenters. The van der Waals surface area contributed by atoms with E-state index < -0.39 is 9.84 Å². The van der Waals surface area contributed by atoms with Crippen molar-refractivity contribution in [1.29, 1.82) is 0 Å². The van der Waals surface area contributed by atoms with E-state index in [0.29, 0.717) is 30.3 Å². The van der Waals surface area contributed by atoms with E-state index in [9.17, 15) is 8.42 Å². The van der Waals surface area contributed by atoms with E-state index in [1.54, 1.807) is 0 Å². The summed E-state index contributed by atoms with van der Waals surface area (Å²) in [5.41, 5.74) is 5.38. The van der Waals surface area contributed by atoms with E-state index in [1.165, 1.54) is 0 Å². The summed E-state index contributed by atoms with van der Waals surface area (Å²) in [5.74, 6) is 0.524. The molecule has 0 aliphatic carbocycles. The molecule has 1 fully saturated rings. The Bertz CT molecular complexity index is 287. The third-order valence-corrected chi connectivity index (χ3v) is 3.87. The molecule has 0 bridgehead atoms. The van der Waals surface area contributed by atoms with Crippen LogP contribution in [0.15, 0.2) is 0 Å². The molecule has 0 radical (unpaired) electrons. The van der Waals surface area contributed by atoms with Gasteiger partial charge in [-0.05, 0) is 13.0 Å². The van der Waals surface area contributed by atoms with E-state index in [2.05, 4.69) is 0 Å². The summed E-state index contributed by atoms with van der Waals surface area (Å²) in [6.07, 6.45) is 0.685. The average Bonchev–Trinajstić information content (AvgIpc) is 2.12. The molecule has 4 nitrogen and oxygen atoms in total. The molecule has 0 saturated carbocycles. The first-order valence-corrected chi connectivity index (χ1v) is 6.44. The Labute approximate surface area is 84.0 Å². The first-order valence-electron chi connectivity index (χ1n) is 4.21.